The van der Waals surface area contributed by atoms with Gasteiger partial charge in [-0.15, -0.1) is 12.4 Å². The van der Waals surface area contributed by atoms with E-state index in [1.807, 2.05) is 6.07 Å². The quantitative estimate of drug-likeness (QED) is 0.837. The standard InChI is InChI=1S/C18H29N3O.ClH/c1-14(12-21(2)13-15-7-4-3-5-8-15)20-18(22)16-9-6-10-17(19)11-16;/h3-5,7-8,14,16-17H,6,9-13,19H2,1-2H3,(H,20,22);1H. The van der Waals surface area contributed by atoms with Crippen molar-refractivity contribution in [2.24, 2.45) is 11.7 Å². The van der Waals surface area contributed by atoms with Gasteiger partial charge < -0.3 is 16.0 Å². The van der Waals surface area contributed by atoms with Gasteiger partial charge in [0.2, 0.25) is 5.91 Å². The molecule has 0 aliphatic heterocycles. The average molecular weight is 340 g/mol. The summed E-state index contributed by atoms with van der Waals surface area (Å²) in [6, 6.07) is 10.7. The van der Waals surface area contributed by atoms with E-state index < -0.39 is 0 Å². The Labute approximate surface area is 146 Å². The summed E-state index contributed by atoms with van der Waals surface area (Å²) in [5.41, 5.74) is 7.27. The van der Waals surface area contributed by atoms with Gasteiger partial charge in [-0.05, 0) is 38.8 Å². The van der Waals surface area contributed by atoms with Gasteiger partial charge >= 0.3 is 0 Å². The molecule has 0 bridgehead atoms. The van der Waals surface area contributed by atoms with E-state index in [1.54, 1.807) is 0 Å². The summed E-state index contributed by atoms with van der Waals surface area (Å²) in [5.74, 6) is 0.279. The van der Waals surface area contributed by atoms with E-state index in [4.69, 9.17) is 5.73 Å². The highest BCUT2D eigenvalue weighted by atomic mass is 35.5. The van der Waals surface area contributed by atoms with E-state index in [2.05, 4.69) is 48.5 Å². The number of halogens is 1. The van der Waals surface area contributed by atoms with Crippen LogP contribution in [0.4, 0.5) is 0 Å². The highest BCUT2D eigenvalue weighted by Gasteiger charge is 2.26. The second-order valence-electron chi connectivity index (χ2n) is 6.72. The Bertz CT molecular complexity index is 469. The first-order chi connectivity index (χ1) is 10.5. The fourth-order valence-corrected chi connectivity index (χ4v) is 3.30. The minimum atomic E-state index is 0. The molecule has 3 N–H and O–H groups in total. The van der Waals surface area contributed by atoms with Crippen LogP contribution in [0.25, 0.3) is 0 Å². The third kappa shape index (κ3) is 6.90. The monoisotopic (exact) mass is 339 g/mol. The molecule has 0 spiro atoms. The molecule has 1 aliphatic rings. The van der Waals surface area contributed by atoms with Gasteiger partial charge in [-0.1, -0.05) is 36.8 Å². The molecule has 1 amide bonds. The van der Waals surface area contributed by atoms with Gasteiger partial charge in [0.15, 0.2) is 0 Å². The molecule has 0 saturated heterocycles. The maximum absolute atomic E-state index is 12.3. The Morgan fingerprint density at radius 2 is 2.04 bits per heavy atom. The van der Waals surface area contributed by atoms with Gasteiger partial charge in [0.25, 0.3) is 0 Å². The molecule has 0 heterocycles. The molecular weight excluding hydrogens is 310 g/mol. The summed E-state index contributed by atoms with van der Waals surface area (Å²) in [4.78, 5) is 14.6. The zero-order valence-electron chi connectivity index (χ0n) is 14.2. The lowest BCUT2D eigenvalue weighted by molar-refractivity contribution is -0.126. The molecule has 3 atom stereocenters. The number of likely N-dealkylation sites (N-methyl/N-ethyl adjacent to an activating group) is 1. The Kier molecular flexibility index (Phi) is 8.59. The van der Waals surface area contributed by atoms with Gasteiger partial charge in [-0.25, -0.2) is 0 Å². The average Bonchev–Trinajstić information content (AvgIpc) is 2.47. The van der Waals surface area contributed by atoms with E-state index in [-0.39, 0.29) is 36.3 Å². The van der Waals surface area contributed by atoms with Gasteiger partial charge in [0, 0.05) is 31.1 Å². The molecule has 0 aromatic heterocycles. The second kappa shape index (κ2) is 9.91. The maximum atomic E-state index is 12.3. The fraction of sp³-hybridized carbons (Fsp3) is 0.611. The van der Waals surface area contributed by atoms with Crippen molar-refractivity contribution in [1.82, 2.24) is 10.2 Å². The minimum Gasteiger partial charge on any atom is -0.352 e. The summed E-state index contributed by atoms with van der Waals surface area (Å²) in [5, 5.41) is 3.15. The van der Waals surface area contributed by atoms with Crippen molar-refractivity contribution < 1.29 is 4.79 Å². The zero-order chi connectivity index (χ0) is 15.9. The van der Waals surface area contributed by atoms with Crippen molar-refractivity contribution in [1.29, 1.82) is 0 Å². The van der Waals surface area contributed by atoms with E-state index >= 15 is 0 Å². The second-order valence-corrected chi connectivity index (χ2v) is 6.72. The number of nitrogens with two attached hydrogens (primary N) is 1. The van der Waals surface area contributed by atoms with Crippen molar-refractivity contribution in [2.45, 2.75) is 51.2 Å². The summed E-state index contributed by atoms with van der Waals surface area (Å²) in [6.45, 7) is 3.82. The van der Waals surface area contributed by atoms with Gasteiger partial charge in [0.1, 0.15) is 0 Å². The largest absolute Gasteiger partial charge is 0.352 e. The first-order valence-corrected chi connectivity index (χ1v) is 8.33. The van der Waals surface area contributed by atoms with Crippen LogP contribution in [0.3, 0.4) is 0 Å². The van der Waals surface area contributed by atoms with E-state index in [9.17, 15) is 4.79 Å². The predicted octanol–water partition coefficient (Wildman–Crippen LogP) is 2.56. The lowest BCUT2D eigenvalue weighted by Crippen LogP contribution is -2.45. The van der Waals surface area contributed by atoms with Crippen molar-refractivity contribution in [3.05, 3.63) is 35.9 Å². The number of hydrogen-bond acceptors (Lipinski definition) is 3. The molecule has 3 unspecified atom stereocenters. The van der Waals surface area contributed by atoms with Crippen molar-refractivity contribution in [2.75, 3.05) is 13.6 Å². The molecule has 1 aromatic carbocycles. The van der Waals surface area contributed by atoms with Crippen LogP contribution in [-0.4, -0.2) is 36.5 Å². The van der Waals surface area contributed by atoms with Crippen molar-refractivity contribution in [3.8, 4) is 0 Å². The van der Waals surface area contributed by atoms with E-state index in [0.29, 0.717) is 0 Å². The first-order valence-electron chi connectivity index (χ1n) is 8.33. The van der Waals surface area contributed by atoms with Crippen LogP contribution in [0, 0.1) is 5.92 Å². The topological polar surface area (TPSA) is 58.4 Å². The van der Waals surface area contributed by atoms with E-state index in [1.165, 1.54) is 5.56 Å². The number of carbonyl (C=O) groups excluding carboxylic acids is 1. The van der Waals surface area contributed by atoms with Gasteiger partial charge in [-0.2, -0.15) is 0 Å². The summed E-state index contributed by atoms with van der Waals surface area (Å²) in [7, 11) is 2.09. The maximum Gasteiger partial charge on any atom is 0.223 e. The first kappa shape index (κ1) is 19.9. The SMILES string of the molecule is CC(CN(C)Cc1ccccc1)NC(=O)C1CCCC(N)C1.Cl. The molecule has 1 saturated carbocycles. The van der Waals surface area contributed by atoms with Crippen LogP contribution in [0.15, 0.2) is 30.3 Å². The summed E-state index contributed by atoms with van der Waals surface area (Å²) in [6.07, 6.45) is 3.94. The fourth-order valence-electron chi connectivity index (χ4n) is 3.30. The number of amides is 1. The predicted molar refractivity (Wildman–Crippen MR) is 97.6 cm³/mol. The Morgan fingerprint density at radius 1 is 1.35 bits per heavy atom. The van der Waals surface area contributed by atoms with E-state index in [0.717, 1.165) is 38.8 Å². The smallest absolute Gasteiger partial charge is 0.223 e. The molecular formula is C18H30ClN3O. The zero-order valence-corrected chi connectivity index (χ0v) is 15.0. The van der Waals surface area contributed by atoms with Gasteiger partial charge in [-0.3, -0.25) is 4.79 Å². The van der Waals surface area contributed by atoms with Crippen LogP contribution in [0.2, 0.25) is 0 Å². The molecule has 2 rings (SSSR count). The number of carbonyl (C=O) groups is 1. The molecule has 1 aromatic rings. The summed E-state index contributed by atoms with van der Waals surface area (Å²) < 4.78 is 0. The van der Waals surface area contributed by atoms with Crippen molar-refractivity contribution in [3.63, 3.8) is 0 Å². The summed E-state index contributed by atoms with van der Waals surface area (Å²) >= 11 is 0. The Balaban J connectivity index is 0.00000264. The lowest BCUT2D eigenvalue weighted by Gasteiger charge is -2.28. The molecule has 0 radical (unpaired) electrons. The Morgan fingerprint density at radius 3 is 2.70 bits per heavy atom. The highest BCUT2D eigenvalue weighted by Crippen LogP contribution is 2.23. The number of rotatable bonds is 6. The molecule has 23 heavy (non-hydrogen) atoms. The third-order valence-corrected chi connectivity index (χ3v) is 4.36. The normalized spacial score (nSPS) is 22.3. The molecule has 1 aliphatic carbocycles. The van der Waals surface area contributed by atoms with Crippen LogP contribution in [-0.2, 0) is 11.3 Å². The van der Waals surface area contributed by atoms with Crippen LogP contribution >= 0.6 is 12.4 Å². The molecule has 4 nitrogen and oxygen atoms in total. The molecule has 1 fully saturated rings. The number of nitrogens with zero attached hydrogens (tertiary/aromatic N) is 1. The molecule has 130 valence electrons. The highest BCUT2D eigenvalue weighted by molar-refractivity contribution is 5.85. The van der Waals surface area contributed by atoms with Crippen molar-refractivity contribution >= 4 is 18.3 Å². The van der Waals surface area contributed by atoms with Crippen LogP contribution in [0.1, 0.15) is 38.2 Å². The number of benzene rings is 1. The number of nitrogens with one attached hydrogen (secondary N) is 1. The van der Waals surface area contributed by atoms with Crippen LogP contribution in [0.5, 0.6) is 0 Å². The lowest BCUT2D eigenvalue weighted by atomic mass is 9.85. The molecule has 5 heteroatoms. The van der Waals surface area contributed by atoms with Crippen LogP contribution < -0.4 is 11.1 Å². The van der Waals surface area contributed by atoms with Gasteiger partial charge in [0.05, 0.1) is 0 Å². The Hall–Kier alpha value is -1.10. The third-order valence-electron chi connectivity index (χ3n) is 4.36. The number of hydrogen-bond donors (Lipinski definition) is 2. The minimum absolute atomic E-state index is 0.